The first kappa shape index (κ1) is 18.7. The molecule has 0 atom stereocenters. The Labute approximate surface area is 165 Å². The lowest BCUT2D eigenvalue weighted by Gasteiger charge is -2.31. The van der Waals surface area contributed by atoms with E-state index in [1.54, 1.807) is 0 Å². The van der Waals surface area contributed by atoms with E-state index < -0.39 is 23.0 Å². The number of nitrogens with zero attached hydrogens (tertiary/aromatic N) is 2. The van der Waals surface area contributed by atoms with Crippen molar-refractivity contribution in [1.29, 1.82) is 0 Å². The van der Waals surface area contributed by atoms with Gasteiger partial charge in [-0.3, -0.25) is 14.4 Å². The molecule has 6 nitrogen and oxygen atoms in total. The monoisotopic (exact) mass is 404 g/mol. The topological polar surface area (TPSA) is 79.6 Å². The summed E-state index contributed by atoms with van der Waals surface area (Å²) in [5.74, 6) is -1.85. The van der Waals surface area contributed by atoms with Gasteiger partial charge in [0.15, 0.2) is 11.5 Å². The Morgan fingerprint density at radius 1 is 1.11 bits per heavy atom. The van der Waals surface area contributed by atoms with Crippen LogP contribution in [0.4, 0.5) is 4.39 Å². The van der Waals surface area contributed by atoms with E-state index in [-0.39, 0.29) is 28.6 Å². The van der Waals surface area contributed by atoms with Crippen LogP contribution in [0.2, 0.25) is 5.02 Å². The maximum Gasteiger partial charge on any atom is 0.294 e. The molecule has 0 radical (unpaired) electrons. The first-order valence-corrected chi connectivity index (χ1v) is 9.51. The number of benzene rings is 1. The van der Waals surface area contributed by atoms with Crippen LogP contribution < -0.4 is 5.56 Å². The molecule has 28 heavy (non-hydrogen) atoms. The van der Waals surface area contributed by atoms with E-state index in [9.17, 15) is 23.9 Å². The Morgan fingerprint density at radius 3 is 2.64 bits per heavy atom. The van der Waals surface area contributed by atoms with Crippen LogP contribution >= 0.6 is 11.6 Å². The molecule has 0 saturated heterocycles. The fraction of sp³-hybridized carbons (Fsp3) is 0.350. The second kappa shape index (κ2) is 7.05. The molecule has 146 valence electrons. The lowest BCUT2D eigenvalue weighted by Crippen LogP contribution is -2.41. The van der Waals surface area contributed by atoms with Gasteiger partial charge in [-0.2, -0.15) is 0 Å². The second-order valence-corrected chi connectivity index (χ2v) is 7.52. The van der Waals surface area contributed by atoms with Crippen molar-refractivity contribution < 1.29 is 19.1 Å². The number of fused-ring (bicyclic) bond motifs is 3. The Bertz CT molecular complexity index is 1060. The van der Waals surface area contributed by atoms with Crippen molar-refractivity contribution in [3.8, 4) is 5.75 Å². The molecule has 0 unspecified atom stereocenters. The summed E-state index contributed by atoms with van der Waals surface area (Å²) in [5.41, 5.74) is 0.538. The third-order valence-corrected chi connectivity index (χ3v) is 5.62. The number of ketones is 1. The zero-order chi connectivity index (χ0) is 20.0. The zero-order valence-electron chi connectivity index (χ0n) is 15.0. The van der Waals surface area contributed by atoms with Gasteiger partial charge in [-0.15, -0.1) is 0 Å². The summed E-state index contributed by atoms with van der Waals surface area (Å²) < 4.78 is 14.7. The van der Waals surface area contributed by atoms with Gasteiger partial charge in [0.1, 0.15) is 5.82 Å². The number of carbonyl (C=O) groups is 2. The first-order chi connectivity index (χ1) is 13.4. The minimum absolute atomic E-state index is 0.0423. The maximum absolute atomic E-state index is 13.4. The molecule has 0 spiro atoms. The highest BCUT2D eigenvalue weighted by atomic mass is 35.5. The van der Waals surface area contributed by atoms with Crippen molar-refractivity contribution in [1.82, 2.24) is 9.47 Å². The zero-order valence-corrected chi connectivity index (χ0v) is 15.8. The molecule has 2 aromatic rings. The van der Waals surface area contributed by atoms with E-state index in [4.69, 9.17) is 11.6 Å². The maximum atomic E-state index is 13.4. The van der Waals surface area contributed by atoms with E-state index in [0.717, 1.165) is 0 Å². The van der Waals surface area contributed by atoms with Crippen LogP contribution in [0.15, 0.2) is 23.0 Å². The molecule has 8 heteroatoms. The average molecular weight is 405 g/mol. The van der Waals surface area contributed by atoms with Crippen molar-refractivity contribution >= 4 is 23.3 Å². The van der Waals surface area contributed by atoms with Crippen LogP contribution in [0.3, 0.4) is 0 Å². The van der Waals surface area contributed by atoms with Crippen LogP contribution in [-0.4, -0.2) is 32.8 Å². The van der Waals surface area contributed by atoms with Crippen LogP contribution in [0.25, 0.3) is 0 Å². The van der Waals surface area contributed by atoms with Crippen molar-refractivity contribution in [2.75, 3.05) is 6.54 Å². The third-order valence-electron chi connectivity index (χ3n) is 5.33. The lowest BCUT2D eigenvalue weighted by molar-refractivity contribution is 0.0721. The third kappa shape index (κ3) is 2.99. The number of hydrogen-bond donors (Lipinski definition) is 1. The van der Waals surface area contributed by atoms with E-state index in [0.29, 0.717) is 49.9 Å². The highest BCUT2D eigenvalue weighted by molar-refractivity contribution is 6.30. The predicted molar refractivity (Wildman–Crippen MR) is 100 cm³/mol. The Morgan fingerprint density at radius 2 is 1.89 bits per heavy atom. The number of aromatic hydroxyl groups is 1. The van der Waals surface area contributed by atoms with Gasteiger partial charge in [0.2, 0.25) is 0 Å². The summed E-state index contributed by atoms with van der Waals surface area (Å²) in [6, 6.07) is 4.19. The number of aromatic nitrogens is 1. The summed E-state index contributed by atoms with van der Waals surface area (Å²) in [4.78, 5) is 39.7. The SMILES string of the molecule is O=C1CCCCn2c1c1c(c(O)c2=O)C(=O)N(Cc2ccc(F)c(Cl)c2)CC1. The summed E-state index contributed by atoms with van der Waals surface area (Å²) in [6.45, 7) is 0.829. The van der Waals surface area contributed by atoms with Gasteiger partial charge in [0, 0.05) is 26.1 Å². The Kier molecular flexibility index (Phi) is 4.71. The predicted octanol–water partition coefficient (Wildman–Crippen LogP) is 2.91. The van der Waals surface area contributed by atoms with E-state index >= 15 is 0 Å². The highest BCUT2D eigenvalue weighted by Crippen LogP contribution is 2.31. The summed E-state index contributed by atoms with van der Waals surface area (Å²) >= 11 is 5.81. The second-order valence-electron chi connectivity index (χ2n) is 7.11. The quantitative estimate of drug-likeness (QED) is 0.834. The molecule has 1 amide bonds. The highest BCUT2D eigenvalue weighted by Gasteiger charge is 2.35. The molecule has 0 fully saturated rings. The first-order valence-electron chi connectivity index (χ1n) is 9.13. The Balaban J connectivity index is 1.76. The molecule has 1 N–H and O–H groups in total. The molecule has 2 aliphatic heterocycles. The van der Waals surface area contributed by atoms with E-state index in [1.807, 2.05) is 0 Å². The minimum atomic E-state index is -0.705. The fourth-order valence-electron chi connectivity index (χ4n) is 3.96. The molecule has 0 bridgehead atoms. The largest absolute Gasteiger partial charge is 0.502 e. The van der Waals surface area contributed by atoms with Crippen LogP contribution in [0, 0.1) is 5.82 Å². The van der Waals surface area contributed by atoms with Gasteiger partial charge < -0.3 is 14.6 Å². The number of hydrogen-bond acceptors (Lipinski definition) is 4. The number of pyridine rings is 1. The number of carbonyl (C=O) groups excluding carboxylic acids is 2. The fourth-order valence-corrected chi connectivity index (χ4v) is 4.16. The van der Waals surface area contributed by atoms with Crippen molar-refractivity contribution in [3.05, 3.63) is 61.8 Å². The Hall–Kier alpha value is -2.67. The van der Waals surface area contributed by atoms with Gasteiger partial charge in [0.25, 0.3) is 11.5 Å². The van der Waals surface area contributed by atoms with Crippen molar-refractivity contribution in [3.63, 3.8) is 0 Å². The standard InChI is InChI=1S/C20H18ClFN2O4/c21-13-9-11(4-5-14(13)22)10-23-8-6-12-16(19(23)27)18(26)20(28)24-7-2-1-3-15(25)17(12)24/h4-5,9,26H,1-3,6-8,10H2. The molecule has 4 rings (SSSR count). The van der Waals surface area contributed by atoms with Gasteiger partial charge in [-0.1, -0.05) is 17.7 Å². The number of halogens is 2. The number of Topliss-reactive ketones (excluding diaryl/α,β-unsaturated/α-hetero) is 1. The smallest absolute Gasteiger partial charge is 0.294 e. The van der Waals surface area contributed by atoms with Crippen LogP contribution in [0.5, 0.6) is 5.75 Å². The van der Waals surface area contributed by atoms with Gasteiger partial charge in [0.05, 0.1) is 16.3 Å². The minimum Gasteiger partial charge on any atom is -0.502 e. The molecule has 1 aromatic carbocycles. The molecule has 2 aliphatic rings. The molecular weight excluding hydrogens is 387 g/mol. The van der Waals surface area contributed by atoms with Crippen molar-refractivity contribution in [2.45, 2.75) is 38.8 Å². The molecule has 0 saturated carbocycles. The van der Waals surface area contributed by atoms with Crippen LogP contribution in [-0.2, 0) is 19.5 Å². The summed E-state index contributed by atoms with van der Waals surface area (Å²) in [5, 5.41) is 10.4. The normalized spacial score (nSPS) is 16.6. The summed E-state index contributed by atoms with van der Waals surface area (Å²) in [6.07, 6.45) is 2.01. The molecule has 3 heterocycles. The van der Waals surface area contributed by atoms with Crippen LogP contribution in [0.1, 0.15) is 51.2 Å². The van der Waals surface area contributed by atoms with E-state index in [2.05, 4.69) is 0 Å². The van der Waals surface area contributed by atoms with Gasteiger partial charge in [-0.05, 0) is 42.5 Å². The number of rotatable bonds is 2. The van der Waals surface area contributed by atoms with E-state index in [1.165, 1.54) is 27.7 Å². The molecule has 0 aliphatic carbocycles. The molecular formula is C20H18ClFN2O4. The van der Waals surface area contributed by atoms with Crippen molar-refractivity contribution in [2.24, 2.45) is 0 Å². The average Bonchev–Trinajstić information content (AvgIpc) is 2.86. The lowest BCUT2D eigenvalue weighted by atomic mass is 9.93. The molecule has 1 aromatic heterocycles. The van der Waals surface area contributed by atoms with Gasteiger partial charge in [-0.25, -0.2) is 4.39 Å². The number of amides is 1. The summed E-state index contributed by atoms with van der Waals surface area (Å²) in [7, 11) is 0. The van der Waals surface area contributed by atoms with Gasteiger partial charge >= 0.3 is 0 Å².